The minimum atomic E-state index is -0.322. The van der Waals surface area contributed by atoms with E-state index >= 15 is 0 Å². The lowest BCUT2D eigenvalue weighted by Gasteiger charge is -2.15. The Morgan fingerprint density at radius 3 is 1.67 bits per heavy atom. The SMILES string of the molecule is C[C@@H](O)CCCCCCCCCCCCCCCc1cccc(OCc2ccccc2)c1C(=O)OCc1ccccc1. The number of aliphatic hydroxyl groups is 1. The van der Waals surface area contributed by atoms with E-state index in [1.165, 1.54) is 70.6 Å². The minimum absolute atomic E-state index is 0.146. The summed E-state index contributed by atoms with van der Waals surface area (Å²) in [6.45, 7) is 2.54. The average Bonchev–Trinajstić information content (AvgIpc) is 3.01. The summed E-state index contributed by atoms with van der Waals surface area (Å²) >= 11 is 0. The average molecular weight is 573 g/mol. The van der Waals surface area contributed by atoms with Crippen molar-refractivity contribution in [1.82, 2.24) is 0 Å². The van der Waals surface area contributed by atoms with Gasteiger partial charge in [-0.25, -0.2) is 4.79 Å². The molecule has 4 nitrogen and oxygen atoms in total. The molecule has 3 aromatic rings. The zero-order chi connectivity index (χ0) is 29.7. The van der Waals surface area contributed by atoms with Crippen LogP contribution < -0.4 is 4.74 Å². The van der Waals surface area contributed by atoms with E-state index in [-0.39, 0.29) is 18.7 Å². The zero-order valence-electron chi connectivity index (χ0n) is 25.8. The molecule has 3 aromatic carbocycles. The van der Waals surface area contributed by atoms with Crippen LogP contribution in [0.1, 0.15) is 124 Å². The molecule has 0 amide bonds. The fourth-order valence-corrected chi connectivity index (χ4v) is 5.37. The molecular formula is C38H52O4. The normalized spacial score (nSPS) is 11.8. The standard InChI is InChI=1S/C38H52O4/c1-32(39)22-15-11-9-7-5-3-2-4-6-8-10-12-20-27-35-28-21-29-36(41-30-33-23-16-13-17-24-33)37(35)38(40)42-31-34-25-18-14-19-26-34/h13-14,16-19,21,23-26,28-29,32,39H,2-12,15,20,22,27,30-31H2,1H3/t32-/m1/s1. The second-order valence-corrected chi connectivity index (χ2v) is 11.6. The predicted molar refractivity (Wildman–Crippen MR) is 173 cm³/mol. The number of ether oxygens (including phenoxy) is 2. The van der Waals surface area contributed by atoms with Gasteiger partial charge in [0.2, 0.25) is 0 Å². The second-order valence-electron chi connectivity index (χ2n) is 11.6. The van der Waals surface area contributed by atoms with Crippen molar-refractivity contribution in [3.05, 3.63) is 101 Å². The van der Waals surface area contributed by atoms with Gasteiger partial charge in [0.1, 0.15) is 24.5 Å². The Morgan fingerprint density at radius 2 is 1.12 bits per heavy atom. The highest BCUT2D eigenvalue weighted by Gasteiger charge is 2.19. The second kappa shape index (κ2) is 20.7. The smallest absolute Gasteiger partial charge is 0.342 e. The van der Waals surface area contributed by atoms with Crippen molar-refractivity contribution in [1.29, 1.82) is 0 Å². The fourth-order valence-electron chi connectivity index (χ4n) is 5.37. The lowest BCUT2D eigenvalue weighted by molar-refractivity contribution is 0.0466. The number of benzene rings is 3. The first kappa shape index (κ1) is 33.4. The van der Waals surface area contributed by atoms with Gasteiger partial charge in [0, 0.05) is 0 Å². The van der Waals surface area contributed by atoms with Gasteiger partial charge in [-0.2, -0.15) is 0 Å². The fraction of sp³-hybridized carbons (Fsp3) is 0.500. The number of carbonyl (C=O) groups is 1. The van der Waals surface area contributed by atoms with Crippen LogP contribution in [0, 0.1) is 0 Å². The number of carbonyl (C=O) groups excluding carboxylic acids is 1. The van der Waals surface area contributed by atoms with E-state index in [0.717, 1.165) is 42.4 Å². The van der Waals surface area contributed by atoms with Crippen LogP contribution in [0.15, 0.2) is 78.9 Å². The van der Waals surface area contributed by atoms with Crippen LogP contribution >= 0.6 is 0 Å². The lowest BCUT2D eigenvalue weighted by atomic mass is 9.99. The van der Waals surface area contributed by atoms with E-state index in [0.29, 0.717) is 17.9 Å². The Labute approximate surface area is 254 Å². The molecule has 0 saturated heterocycles. The number of hydrogen-bond acceptors (Lipinski definition) is 4. The number of esters is 1. The van der Waals surface area contributed by atoms with Crippen LogP contribution in [0.4, 0.5) is 0 Å². The molecule has 4 heteroatoms. The van der Waals surface area contributed by atoms with Gasteiger partial charge in [-0.05, 0) is 48.9 Å². The molecule has 42 heavy (non-hydrogen) atoms. The largest absolute Gasteiger partial charge is 0.488 e. The monoisotopic (exact) mass is 572 g/mol. The van der Waals surface area contributed by atoms with Crippen LogP contribution in [0.3, 0.4) is 0 Å². The van der Waals surface area contributed by atoms with Crippen molar-refractivity contribution in [2.75, 3.05) is 0 Å². The van der Waals surface area contributed by atoms with Gasteiger partial charge in [-0.1, -0.05) is 150 Å². The van der Waals surface area contributed by atoms with Crippen LogP contribution in [-0.2, 0) is 24.4 Å². The molecule has 0 heterocycles. The molecule has 0 aliphatic carbocycles. The molecule has 0 aliphatic rings. The Balaban J connectivity index is 1.39. The van der Waals surface area contributed by atoms with E-state index in [2.05, 4.69) is 0 Å². The van der Waals surface area contributed by atoms with E-state index in [1.54, 1.807) is 0 Å². The summed E-state index contributed by atoms with van der Waals surface area (Å²) in [6, 6.07) is 25.7. The summed E-state index contributed by atoms with van der Waals surface area (Å²) in [4.78, 5) is 13.3. The number of unbranched alkanes of at least 4 members (excludes halogenated alkanes) is 12. The topological polar surface area (TPSA) is 55.8 Å². The van der Waals surface area contributed by atoms with Crippen LogP contribution in [0.2, 0.25) is 0 Å². The predicted octanol–water partition coefficient (Wildman–Crippen LogP) is 10.0. The lowest BCUT2D eigenvalue weighted by Crippen LogP contribution is -2.11. The highest BCUT2D eigenvalue weighted by molar-refractivity contribution is 5.94. The molecule has 1 N–H and O–H groups in total. The van der Waals surface area contributed by atoms with E-state index < -0.39 is 0 Å². The van der Waals surface area contributed by atoms with Crippen LogP contribution in [0.25, 0.3) is 0 Å². The van der Waals surface area contributed by atoms with Crippen LogP contribution in [-0.4, -0.2) is 17.2 Å². The summed E-state index contributed by atoms with van der Waals surface area (Å²) in [5.41, 5.74) is 3.60. The third-order valence-corrected chi connectivity index (χ3v) is 7.83. The van der Waals surface area contributed by atoms with Gasteiger partial charge in [-0.3, -0.25) is 0 Å². The highest BCUT2D eigenvalue weighted by Crippen LogP contribution is 2.27. The van der Waals surface area contributed by atoms with Gasteiger partial charge in [0.05, 0.1) is 6.10 Å². The molecule has 0 aromatic heterocycles. The summed E-state index contributed by atoms with van der Waals surface area (Å²) in [6.07, 6.45) is 18.1. The summed E-state index contributed by atoms with van der Waals surface area (Å²) in [7, 11) is 0. The maximum Gasteiger partial charge on any atom is 0.342 e. The summed E-state index contributed by atoms with van der Waals surface area (Å²) in [5.74, 6) is 0.270. The molecule has 0 saturated carbocycles. The number of aryl methyl sites for hydroxylation is 1. The van der Waals surface area contributed by atoms with Crippen molar-refractivity contribution in [2.24, 2.45) is 0 Å². The molecule has 0 unspecified atom stereocenters. The Kier molecular flexibility index (Phi) is 16.5. The molecule has 0 radical (unpaired) electrons. The number of rotatable bonds is 22. The van der Waals surface area contributed by atoms with Gasteiger partial charge in [0.25, 0.3) is 0 Å². The third-order valence-electron chi connectivity index (χ3n) is 7.83. The molecule has 228 valence electrons. The summed E-state index contributed by atoms with van der Waals surface area (Å²) < 4.78 is 11.9. The van der Waals surface area contributed by atoms with Gasteiger partial charge in [0.15, 0.2) is 0 Å². The van der Waals surface area contributed by atoms with Crippen molar-refractivity contribution >= 4 is 5.97 Å². The first-order valence-electron chi connectivity index (χ1n) is 16.3. The molecule has 1 atom stereocenters. The molecule has 0 spiro atoms. The first-order valence-corrected chi connectivity index (χ1v) is 16.3. The molecular weight excluding hydrogens is 520 g/mol. The molecule has 3 rings (SSSR count). The van der Waals surface area contributed by atoms with Gasteiger partial charge in [-0.15, -0.1) is 0 Å². The number of hydrogen-bond donors (Lipinski definition) is 1. The molecule has 0 bridgehead atoms. The Hall–Kier alpha value is -3.11. The van der Waals surface area contributed by atoms with Crippen LogP contribution in [0.5, 0.6) is 5.75 Å². The molecule has 0 aliphatic heterocycles. The maximum absolute atomic E-state index is 13.3. The van der Waals surface area contributed by atoms with Crippen molar-refractivity contribution in [2.45, 2.75) is 123 Å². The Bertz CT molecular complexity index is 1110. The maximum atomic E-state index is 13.3. The summed E-state index contributed by atoms with van der Waals surface area (Å²) in [5, 5.41) is 9.32. The van der Waals surface area contributed by atoms with E-state index in [1.807, 2.05) is 85.8 Å². The van der Waals surface area contributed by atoms with Gasteiger partial charge < -0.3 is 14.6 Å². The zero-order valence-corrected chi connectivity index (χ0v) is 25.8. The minimum Gasteiger partial charge on any atom is -0.488 e. The number of aliphatic hydroxyl groups excluding tert-OH is 1. The van der Waals surface area contributed by atoms with Gasteiger partial charge >= 0.3 is 5.97 Å². The first-order chi connectivity index (χ1) is 20.6. The quantitative estimate of drug-likeness (QED) is 0.0961. The molecule has 0 fully saturated rings. The van der Waals surface area contributed by atoms with E-state index in [9.17, 15) is 9.90 Å². The van der Waals surface area contributed by atoms with E-state index in [4.69, 9.17) is 9.47 Å². The highest BCUT2D eigenvalue weighted by atomic mass is 16.5. The Morgan fingerprint density at radius 1 is 0.619 bits per heavy atom. The van der Waals surface area contributed by atoms with Crippen molar-refractivity contribution < 1.29 is 19.4 Å². The third kappa shape index (κ3) is 13.7. The van der Waals surface area contributed by atoms with Crippen molar-refractivity contribution in [3.63, 3.8) is 0 Å². The van der Waals surface area contributed by atoms with Crippen molar-refractivity contribution in [3.8, 4) is 5.75 Å².